The van der Waals surface area contributed by atoms with Crippen molar-refractivity contribution in [3.8, 4) is 11.3 Å². The number of likely N-dealkylation sites (tertiary alicyclic amines) is 1. The molecule has 4 aromatic rings. The van der Waals surface area contributed by atoms with Gasteiger partial charge >= 0.3 is 0 Å². The van der Waals surface area contributed by atoms with Gasteiger partial charge in [-0.05, 0) is 53.2 Å². The third-order valence-corrected chi connectivity index (χ3v) is 7.83. The summed E-state index contributed by atoms with van der Waals surface area (Å²) in [6.45, 7) is 5.56. The van der Waals surface area contributed by atoms with Crippen molar-refractivity contribution < 1.29 is 9.59 Å². The number of nitrogens with zero attached hydrogens (tertiary/aromatic N) is 7. The number of piperidine rings is 1. The number of rotatable bonds is 6. The molecule has 1 aliphatic heterocycles. The van der Waals surface area contributed by atoms with Gasteiger partial charge in [-0.1, -0.05) is 19.1 Å². The summed E-state index contributed by atoms with van der Waals surface area (Å²) in [4.78, 5) is 45.7. The molecule has 0 N–H and O–H groups in total. The molecule has 1 saturated heterocycles. The van der Waals surface area contributed by atoms with E-state index in [4.69, 9.17) is 0 Å². The Morgan fingerprint density at radius 2 is 1.95 bits per heavy atom. The van der Waals surface area contributed by atoms with Crippen LogP contribution >= 0.6 is 15.9 Å². The Bertz CT molecular complexity index is 1560. The summed E-state index contributed by atoms with van der Waals surface area (Å²) < 4.78 is 2.36. The fourth-order valence-corrected chi connectivity index (χ4v) is 5.76. The summed E-state index contributed by atoms with van der Waals surface area (Å²) in [5.74, 6) is 0.424. The number of aromatic nitrogens is 6. The minimum Gasteiger partial charge on any atom is -0.342 e. The number of halogens is 1. The summed E-state index contributed by atoms with van der Waals surface area (Å²) in [6, 6.07) is 7.79. The number of hydrogen-bond donors (Lipinski definition) is 0. The van der Waals surface area contributed by atoms with E-state index in [2.05, 4.69) is 55.2 Å². The van der Waals surface area contributed by atoms with Crippen LogP contribution in [0.4, 0.5) is 0 Å². The average molecular weight is 557 g/mol. The van der Waals surface area contributed by atoms with E-state index in [1.165, 1.54) is 6.92 Å². The molecule has 1 amide bonds. The number of hydrogen-bond acceptors (Lipinski definition) is 7. The van der Waals surface area contributed by atoms with Crippen LogP contribution in [-0.4, -0.2) is 65.6 Å². The third-order valence-electron chi connectivity index (χ3n) is 7.39. The molecule has 9 nitrogen and oxygen atoms in total. The van der Waals surface area contributed by atoms with Crippen molar-refractivity contribution >= 4 is 51.4 Å². The molecule has 185 valence electrons. The molecule has 2 aliphatic rings. The molecule has 0 bridgehead atoms. The maximum atomic E-state index is 13.7. The van der Waals surface area contributed by atoms with E-state index in [1.807, 2.05) is 36.1 Å². The van der Waals surface area contributed by atoms with Crippen LogP contribution in [0.15, 0.2) is 47.5 Å². The number of amides is 1. The molecule has 11 heteroatoms. The second kappa shape index (κ2) is 8.83. The molecule has 1 radical (unpaired) electrons. The van der Waals surface area contributed by atoms with Crippen LogP contribution in [0.1, 0.15) is 43.0 Å². The van der Waals surface area contributed by atoms with Crippen molar-refractivity contribution in [2.24, 2.45) is 5.41 Å². The minimum atomic E-state index is -0.170. The lowest BCUT2D eigenvalue weighted by atomic mass is 9.63. The van der Waals surface area contributed by atoms with E-state index < -0.39 is 0 Å². The first-order valence-corrected chi connectivity index (χ1v) is 13.0. The molecule has 0 unspecified atom stereocenters. The predicted octanol–water partition coefficient (Wildman–Crippen LogP) is 2.92. The average Bonchev–Trinajstić information content (AvgIpc) is 3.23. The van der Waals surface area contributed by atoms with Gasteiger partial charge in [0.05, 0.1) is 17.4 Å². The molecule has 0 aromatic carbocycles. The molecule has 3 atom stereocenters. The van der Waals surface area contributed by atoms with Crippen LogP contribution in [-0.2, 0) is 11.3 Å². The van der Waals surface area contributed by atoms with Gasteiger partial charge in [0.25, 0.3) is 0 Å². The largest absolute Gasteiger partial charge is 0.342 e. The van der Waals surface area contributed by atoms with Crippen LogP contribution < -0.4 is 5.59 Å². The Morgan fingerprint density at radius 3 is 2.68 bits per heavy atom. The molecule has 0 spiro atoms. The fraction of sp³-hybridized carbons (Fsp3) is 0.346. The Kier molecular flexibility index (Phi) is 5.70. The number of pyridine rings is 2. The number of carbonyl (C=O) groups is 2. The van der Waals surface area contributed by atoms with Gasteiger partial charge in [0.15, 0.2) is 5.78 Å². The molecule has 6 rings (SSSR count). The summed E-state index contributed by atoms with van der Waals surface area (Å²) in [7, 11) is 2.07. The number of Topliss-reactive ketones (excluding diaryl/α,β-unsaturated/α-hetero) is 1. The normalized spacial score (nSPS) is 22.2. The van der Waals surface area contributed by atoms with Crippen LogP contribution in [0.5, 0.6) is 0 Å². The molecular weight excluding hydrogens is 533 g/mol. The summed E-state index contributed by atoms with van der Waals surface area (Å²) in [5, 5.41) is 5.20. The molecule has 1 saturated carbocycles. The monoisotopic (exact) mass is 556 g/mol. The topological polar surface area (TPSA) is 107 Å². The van der Waals surface area contributed by atoms with Crippen molar-refractivity contribution in [1.29, 1.82) is 0 Å². The lowest BCUT2D eigenvalue weighted by molar-refractivity contribution is -0.132. The zero-order valence-electron chi connectivity index (χ0n) is 20.7. The van der Waals surface area contributed by atoms with Crippen molar-refractivity contribution in [3.63, 3.8) is 0 Å². The highest BCUT2D eigenvalue weighted by Gasteiger charge is 2.62. The molecule has 4 aromatic heterocycles. The van der Waals surface area contributed by atoms with E-state index >= 15 is 0 Å². The first-order chi connectivity index (χ1) is 17.7. The Morgan fingerprint density at radius 1 is 1.16 bits per heavy atom. The first kappa shape index (κ1) is 23.9. The Labute approximate surface area is 223 Å². The van der Waals surface area contributed by atoms with Crippen molar-refractivity contribution in [2.45, 2.75) is 52.1 Å². The summed E-state index contributed by atoms with van der Waals surface area (Å²) in [6.07, 6.45) is 6.97. The Balaban J connectivity index is 1.30. The van der Waals surface area contributed by atoms with Crippen LogP contribution in [0.3, 0.4) is 0 Å². The molecule has 2 fully saturated rings. The number of carbonyl (C=O) groups excluding carboxylic acids is 2. The van der Waals surface area contributed by atoms with Crippen LogP contribution in [0, 0.1) is 12.3 Å². The molecule has 1 aliphatic carbocycles. The second-order valence-electron chi connectivity index (χ2n) is 10.2. The highest BCUT2D eigenvalue weighted by molar-refractivity contribution is 9.10. The smallest absolute Gasteiger partial charge is 0.244 e. The minimum absolute atomic E-state index is 0.0290. The van der Waals surface area contributed by atoms with Gasteiger partial charge in [0.1, 0.15) is 22.7 Å². The van der Waals surface area contributed by atoms with E-state index in [0.717, 1.165) is 28.6 Å². The number of aryl methyl sites for hydroxylation is 1. The second-order valence-corrected chi connectivity index (χ2v) is 11.0. The maximum Gasteiger partial charge on any atom is 0.244 e. The third kappa shape index (κ3) is 4.35. The van der Waals surface area contributed by atoms with Crippen molar-refractivity contribution in [1.82, 2.24) is 34.6 Å². The van der Waals surface area contributed by atoms with Gasteiger partial charge < -0.3 is 4.90 Å². The molecule has 37 heavy (non-hydrogen) atoms. The summed E-state index contributed by atoms with van der Waals surface area (Å²) >= 11 is 3.43. The van der Waals surface area contributed by atoms with Gasteiger partial charge in [-0.3, -0.25) is 24.2 Å². The van der Waals surface area contributed by atoms with Gasteiger partial charge in [0, 0.05) is 47.8 Å². The first-order valence-electron chi connectivity index (χ1n) is 12.2. The van der Waals surface area contributed by atoms with Crippen molar-refractivity contribution in [3.05, 3.63) is 59.0 Å². The molecular formula is C26H24BBrN7O2. The zero-order chi connectivity index (χ0) is 25.9. The van der Waals surface area contributed by atoms with Crippen LogP contribution in [0.25, 0.3) is 22.2 Å². The quantitative estimate of drug-likeness (QED) is 0.204. The Hall–Kier alpha value is -3.47. The van der Waals surface area contributed by atoms with E-state index in [-0.39, 0.29) is 35.6 Å². The maximum absolute atomic E-state index is 13.7. The van der Waals surface area contributed by atoms with Crippen LogP contribution in [0.2, 0.25) is 0 Å². The van der Waals surface area contributed by atoms with Gasteiger partial charge in [-0.15, -0.1) is 0 Å². The highest BCUT2D eigenvalue weighted by atomic mass is 79.9. The van der Waals surface area contributed by atoms with E-state index in [0.29, 0.717) is 28.1 Å². The van der Waals surface area contributed by atoms with E-state index in [9.17, 15) is 9.59 Å². The van der Waals surface area contributed by atoms with E-state index in [1.54, 1.807) is 23.3 Å². The van der Waals surface area contributed by atoms with Gasteiger partial charge in [-0.2, -0.15) is 5.10 Å². The lowest BCUT2D eigenvalue weighted by Crippen LogP contribution is -2.47. The number of ketones is 1. The van der Waals surface area contributed by atoms with Gasteiger partial charge in [-0.25, -0.2) is 9.97 Å². The lowest BCUT2D eigenvalue weighted by Gasteiger charge is -2.27. The standard InChI is InChI=1S/C26H24BBrN7O2/c1-14(36)25-17-7-18(16-10-29-15(2)30-11-16)31-12-19(17)34(33-25)13-24(37)35-20-8-26(20,3)9-22(35)27-21-5-4-6-23(28)32-21/h4-7,10-12,20,22H,8-9,13H2,1-3H3/t20-,22+,26-/m1/s1. The fourth-order valence-electron chi connectivity index (χ4n) is 5.40. The van der Waals surface area contributed by atoms with Crippen molar-refractivity contribution in [2.75, 3.05) is 0 Å². The SMILES string of the molecule is CC(=O)c1nn(CC(=O)N2[C@H]([B]c3cccc(Br)n3)C[C@@]3(C)C[C@@H]23)c2cnc(-c3cnc(C)nc3)cc12. The molecule has 5 heterocycles. The predicted molar refractivity (Wildman–Crippen MR) is 142 cm³/mol. The van der Waals surface area contributed by atoms with Gasteiger partial charge in [0.2, 0.25) is 13.2 Å². The summed E-state index contributed by atoms with van der Waals surface area (Å²) in [5.41, 5.74) is 3.32. The number of fused-ring (bicyclic) bond motifs is 2. The highest BCUT2D eigenvalue weighted by Crippen LogP contribution is 2.58. The zero-order valence-corrected chi connectivity index (χ0v) is 22.3.